The van der Waals surface area contributed by atoms with Crippen molar-refractivity contribution < 1.29 is 19.5 Å². The number of nitrogens with one attached hydrogen (secondary N) is 1. The van der Waals surface area contributed by atoms with E-state index in [1.807, 2.05) is 13.8 Å². The van der Waals surface area contributed by atoms with Crippen LogP contribution >= 0.6 is 0 Å². The molecule has 2 heterocycles. The second-order valence-corrected chi connectivity index (χ2v) is 6.41. The molecule has 8 heteroatoms. The Bertz CT molecular complexity index is 642. The van der Waals surface area contributed by atoms with Gasteiger partial charge in [0.15, 0.2) is 0 Å². The van der Waals surface area contributed by atoms with Crippen molar-refractivity contribution in [1.82, 2.24) is 20.0 Å². The summed E-state index contributed by atoms with van der Waals surface area (Å²) in [5.41, 5.74) is 0.792. The van der Waals surface area contributed by atoms with Crippen LogP contribution in [0.5, 0.6) is 0 Å². The van der Waals surface area contributed by atoms with E-state index >= 15 is 0 Å². The number of nitrogens with zero attached hydrogens (tertiary/aromatic N) is 3. The summed E-state index contributed by atoms with van der Waals surface area (Å²) in [6.07, 6.45) is 5.18. The van der Waals surface area contributed by atoms with Gasteiger partial charge in [0.2, 0.25) is 11.8 Å². The average Bonchev–Trinajstić information content (AvgIpc) is 2.99. The minimum Gasteiger partial charge on any atom is -0.480 e. The zero-order chi connectivity index (χ0) is 18.6. The number of aliphatic carboxylic acids is 1. The first-order valence-electron chi connectivity index (χ1n) is 8.70. The Morgan fingerprint density at radius 3 is 2.68 bits per heavy atom. The van der Waals surface area contributed by atoms with Gasteiger partial charge >= 0.3 is 5.97 Å². The number of carboxylic acids is 1. The Morgan fingerprint density at radius 2 is 2.16 bits per heavy atom. The van der Waals surface area contributed by atoms with Crippen molar-refractivity contribution in [3.63, 3.8) is 0 Å². The molecule has 0 bridgehead atoms. The second kappa shape index (κ2) is 8.13. The fourth-order valence-corrected chi connectivity index (χ4v) is 3.43. The third-order valence-electron chi connectivity index (χ3n) is 4.64. The number of carboxylic acid groups (broad SMARTS) is 1. The first-order chi connectivity index (χ1) is 11.9. The van der Waals surface area contributed by atoms with Crippen LogP contribution in [0.2, 0.25) is 0 Å². The third kappa shape index (κ3) is 4.18. The lowest BCUT2D eigenvalue weighted by molar-refractivity contribution is -0.147. The van der Waals surface area contributed by atoms with Crippen LogP contribution in [0, 0.1) is 5.92 Å². The van der Waals surface area contributed by atoms with Crippen molar-refractivity contribution in [2.24, 2.45) is 13.0 Å². The molecule has 2 N–H and O–H groups in total. The molecule has 0 saturated carbocycles. The van der Waals surface area contributed by atoms with Gasteiger partial charge in [-0.15, -0.1) is 0 Å². The van der Waals surface area contributed by atoms with Gasteiger partial charge in [-0.25, -0.2) is 4.79 Å². The molecule has 1 aliphatic heterocycles. The van der Waals surface area contributed by atoms with Crippen LogP contribution in [0.25, 0.3) is 0 Å². The van der Waals surface area contributed by atoms with E-state index in [9.17, 15) is 19.5 Å². The predicted molar refractivity (Wildman–Crippen MR) is 90.5 cm³/mol. The van der Waals surface area contributed by atoms with Gasteiger partial charge in [-0.2, -0.15) is 5.10 Å². The molecule has 2 amide bonds. The summed E-state index contributed by atoms with van der Waals surface area (Å²) >= 11 is 0. The quantitative estimate of drug-likeness (QED) is 0.766. The van der Waals surface area contributed by atoms with E-state index in [2.05, 4.69) is 10.4 Å². The molecule has 0 aromatic carbocycles. The van der Waals surface area contributed by atoms with E-state index in [1.54, 1.807) is 29.0 Å². The molecule has 3 atom stereocenters. The molecular weight excluding hydrogens is 324 g/mol. The Balaban J connectivity index is 2.27. The zero-order valence-corrected chi connectivity index (χ0v) is 14.9. The third-order valence-corrected chi connectivity index (χ3v) is 4.64. The normalized spacial score (nSPS) is 21.9. The van der Waals surface area contributed by atoms with Gasteiger partial charge in [0.1, 0.15) is 6.04 Å². The molecule has 0 aliphatic carbocycles. The van der Waals surface area contributed by atoms with Crippen LogP contribution in [-0.4, -0.2) is 50.2 Å². The fourth-order valence-electron chi connectivity index (χ4n) is 3.43. The Kier molecular flexibility index (Phi) is 6.17. The molecule has 1 saturated heterocycles. The van der Waals surface area contributed by atoms with Crippen molar-refractivity contribution in [3.05, 3.63) is 18.0 Å². The highest BCUT2D eigenvalue weighted by Gasteiger charge is 2.41. The predicted octanol–water partition coefficient (Wildman–Crippen LogP) is 1.09. The lowest BCUT2D eigenvalue weighted by Crippen LogP contribution is -2.51. The fraction of sp³-hybridized carbons (Fsp3) is 0.647. The molecule has 1 aromatic rings. The molecule has 0 radical (unpaired) electrons. The number of carbonyl (C=O) groups excluding carboxylic acids is 2. The maximum Gasteiger partial charge on any atom is 0.326 e. The van der Waals surface area contributed by atoms with Crippen molar-refractivity contribution in [2.75, 3.05) is 6.54 Å². The van der Waals surface area contributed by atoms with Crippen LogP contribution < -0.4 is 5.32 Å². The van der Waals surface area contributed by atoms with Gasteiger partial charge < -0.3 is 15.3 Å². The van der Waals surface area contributed by atoms with Gasteiger partial charge in [-0.3, -0.25) is 14.3 Å². The standard InChI is InChI=1S/C17H26N4O4/c1-4-6-13(17(24)25)19-16(23)12-7-8-14(22)21(5-2)15(12)11-9-18-20(3)10-11/h9-10,12-13,15H,4-8H2,1-3H3,(H,19,23)(H,24,25). The summed E-state index contributed by atoms with van der Waals surface area (Å²) in [5.74, 6) is -1.84. The molecule has 0 spiro atoms. The van der Waals surface area contributed by atoms with Gasteiger partial charge in [0, 0.05) is 31.8 Å². The second-order valence-electron chi connectivity index (χ2n) is 6.41. The molecule has 138 valence electrons. The number of rotatable bonds is 7. The molecule has 1 aliphatic rings. The smallest absolute Gasteiger partial charge is 0.326 e. The minimum absolute atomic E-state index is 0.00347. The first kappa shape index (κ1) is 19.0. The van der Waals surface area contributed by atoms with E-state index in [0.717, 1.165) is 5.56 Å². The zero-order valence-electron chi connectivity index (χ0n) is 14.9. The van der Waals surface area contributed by atoms with E-state index in [1.165, 1.54) is 0 Å². The largest absolute Gasteiger partial charge is 0.480 e. The maximum absolute atomic E-state index is 12.8. The Hall–Kier alpha value is -2.38. The monoisotopic (exact) mass is 350 g/mol. The van der Waals surface area contributed by atoms with E-state index in [-0.39, 0.29) is 18.2 Å². The summed E-state index contributed by atoms with van der Waals surface area (Å²) in [4.78, 5) is 38.1. The SMILES string of the molecule is CCCC(NC(=O)C1CCC(=O)N(CC)C1c1cnn(C)c1)C(=O)O. The number of likely N-dealkylation sites (tertiary alicyclic amines) is 1. The van der Waals surface area contributed by atoms with Crippen molar-refractivity contribution >= 4 is 17.8 Å². The molecule has 1 fully saturated rings. The van der Waals surface area contributed by atoms with E-state index in [4.69, 9.17) is 0 Å². The summed E-state index contributed by atoms with van der Waals surface area (Å²) in [6.45, 7) is 4.23. The van der Waals surface area contributed by atoms with Crippen molar-refractivity contribution in [3.8, 4) is 0 Å². The number of amides is 2. The molecular formula is C17H26N4O4. The summed E-state index contributed by atoms with van der Waals surface area (Å²) in [6, 6.07) is -1.32. The number of hydrogen-bond donors (Lipinski definition) is 2. The summed E-state index contributed by atoms with van der Waals surface area (Å²) in [7, 11) is 1.78. The lowest BCUT2D eigenvalue weighted by Gasteiger charge is -2.39. The Labute approximate surface area is 147 Å². The van der Waals surface area contributed by atoms with Gasteiger partial charge in [-0.1, -0.05) is 13.3 Å². The van der Waals surface area contributed by atoms with Crippen LogP contribution in [0.3, 0.4) is 0 Å². The van der Waals surface area contributed by atoms with Crippen molar-refractivity contribution in [1.29, 1.82) is 0 Å². The molecule has 1 aromatic heterocycles. The highest BCUT2D eigenvalue weighted by atomic mass is 16.4. The minimum atomic E-state index is -1.03. The highest BCUT2D eigenvalue weighted by molar-refractivity contribution is 5.88. The first-order valence-corrected chi connectivity index (χ1v) is 8.70. The number of hydrogen-bond acceptors (Lipinski definition) is 4. The molecule has 8 nitrogen and oxygen atoms in total. The molecule has 2 rings (SSSR count). The van der Waals surface area contributed by atoms with Crippen molar-refractivity contribution in [2.45, 2.75) is 51.6 Å². The number of aryl methyl sites for hydroxylation is 1. The maximum atomic E-state index is 12.8. The van der Waals surface area contributed by atoms with Crippen LogP contribution in [-0.2, 0) is 21.4 Å². The lowest BCUT2D eigenvalue weighted by atomic mass is 9.84. The van der Waals surface area contributed by atoms with E-state index < -0.39 is 24.0 Å². The number of aromatic nitrogens is 2. The molecule has 25 heavy (non-hydrogen) atoms. The van der Waals surface area contributed by atoms with Gasteiger partial charge in [-0.05, 0) is 19.8 Å². The van der Waals surface area contributed by atoms with Gasteiger partial charge in [0.25, 0.3) is 0 Å². The number of piperidine rings is 1. The summed E-state index contributed by atoms with van der Waals surface area (Å²) < 4.78 is 1.63. The van der Waals surface area contributed by atoms with E-state index in [0.29, 0.717) is 25.8 Å². The summed E-state index contributed by atoms with van der Waals surface area (Å²) in [5, 5.41) is 16.1. The van der Waals surface area contributed by atoms with Gasteiger partial charge in [0.05, 0.1) is 18.2 Å². The van der Waals surface area contributed by atoms with Crippen LogP contribution in [0.1, 0.15) is 51.1 Å². The Morgan fingerprint density at radius 1 is 1.44 bits per heavy atom. The average molecular weight is 350 g/mol. The topological polar surface area (TPSA) is 105 Å². The van der Waals surface area contributed by atoms with Crippen LogP contribution in [0.15, 0.2) is 12.4 Å². The number of carbonyl (C=O) groups is 3. The van der Waals surface area contributed by atoms with Crippen LogP contribution in [0.4, 0.5) is 0 Å². The highest BCUT2D eigenvalue weighted by Crippen LogP contribution is 2.36. The molecule has 3 unspecified atom stereocenters.